The van der Waals surface area contributed by atoms with Crippen LogP contribution in [0.5, 0.6) is 5.75 Å². The first-order valence-electron chi connectivity index (χ1n) is 17.7. The Morgan fingerprint density at radius 3 is 1.21 bits per heavy atom. The summed E-state index contributed by atoms with van der Waals surface area (Å²) in [6.45, 7) is 11.6. The number of hydrogen-bond acceptors (Lipinski definition) is 12. The van der Waals surface area contributed by atoms with Crippen molar-refractivity contribution in [3.05, 3.63) is 29.8 Å². The summed E-state index contributed by atoms with van der Waals surface area (Å²) in [6, 6.07) is 8.42. The molecule has 12 heteroatoms. The first-order valence-corrected chi connectivity index (χ1v) is 17.7. The van der Waals surface area contributed by atoms with E-state index in [1.165, 1.54) is 51.2 Å². The summed E-state index contributed by atoms with van der Waals surface area (Å²) in [5.74, 6) is 0.599. The third kappa shape index (κ3) is 31.4. The van der Waals surface area contributed by atoms with Crippen LogP contribution in [0.25, 0.3) is 0 Å². The molecule has 48 heavy (non-hydrogen) atoms. The molecule has 0 aliphatic heterocycles. The molecule has 0 unspecified atom stereocenters. The number of benzene rings is 1. The molecule has 0 saturated carbocycles. The fourth-order valence-corrected chi connectivity index (χ4v) is 4.20. The Labute approximate surface area is 289 Å². The normalized spacial score (nSPS) is 11.3. The highest BCUT2D eigenvalue weighted by molar-refractivity contribution is 5.69. The van der Waals surface area contributed by atoms with Gasteiger partial charge in [-0.15, -0.1) is 0 Å². The molecule has 0 fully saturated rings. The van der Waals surface area contributed by atoms with Gasteiger partial charge < -0.3 is 52.1 Å². The molecular formula is C36H64O12. The summed E-state index contributed by atoms with van der Waals surface area (Å²) in [6.07, 6.45) is 9.32. The van der Waals surface area contributed by atoms with Crippen molar-refractivity contribution < 1.29 is 56.9 Å². The summed E-state index contributed by atoms with van der Waals surface area (Å²) >= 11 is 0. The molecule has 0 saturated heterocycles. The van der Waals surface area contributed by atoms with E-state index in [1.54, 1.807) is 0 Å². The molecule has 0 heterocycles. The zero-order chi connectivity index (χ0) is 34.4. The SMILES string of the molecule is CCCCCCCCc1ccc(OCCOCCOCCOCCOCCOCCOCCOCCOCCOCCC(=O)OC)cc1. The number of esters is 1. The Hall–Kier alpha value is -1.87. The number of aryl methyl sites for hydroxylation is 1. The predicted molar refractivity (Wildman–Crippen MR) is 183 cm³/mol. The van der Waals surface area contributed by atoms with E-state index in [2.05, 4.69) is 23.8 Å². The molecule has 0 aromatic heterocycles. The first-order chi connectivity index (χ1) is 23.8. The molecule has 280 valence electrons. The lowest BCUT2D eigenvalue weighted by atomic mass is 10.0. The summed E-state index contributed by atoms with van der Waals surface area (Å²) in [7, 11) is 1.36. The van der Waals surface area contributed by atoms with Gasteiger partial charge in [0.05, 0.1) is 132 Å². The van der Waals surface area contributed by atoms with Crippen molar-refractivity contribution in [2.45, 2.75) is 58.3 Å². The van der Waals surface area contributed by atoms with E-state index in [9.17, 15) is 4.79 Å². The second-order valence-corrected chi connectivity index (χ2v) is 10.8. The van der Waals surface area contributed by atoms with E-state index in [4.69, 9.17) is 47.4 Å². The highest BCUT2D eigenvalue weighted by Gasteiger charge is 2.00. The minimum absolute atomic E-state index is 0.247. The van der Waals surface area contributed by atoms with Crippen LogP contribution >= 0.6 is 0 Å². The number of ether oxygens (including phenoxy) is 11. The smallest absolute Gasteiger partial charge is 0.307 e. The second kappa shape index (κ2) is 36.4. The van der Waals surface area contributed by atoms with Gasteiger partial charge in [-0.1, -0.05) is 51.2 Å². The number of methoxy groups -OCH3 is 1. The van der Waals surface area contributed by atoms with Gasteiger partial charge in [0.2, 0.25) is 0 Å². The van der Waals surface area contributed by atoms with E-state index in [0.717, 1.165) is 12.2 Å². The first kappa shape index (κ1) is 44.2. The van der Waals surface area contributed by atoms with Gasteiger partial charge in [0, 0.05) is 0 Å². The number of rotatable bonds is 38. The van der Waals surface area contributed by atoms with Crippen LogP contribution in [0, 0.1) is 0 Å². The maximum Gasteiger partial charge on any atom is 0.307 e. The molecule has 0 radical (unpaired) electrons. The number of carbonyl (C=O) groups is 1. The van der Waals surface area contributed by atoms with Crippen LogP contribution in [0.4, 0.5) is 0 Å². The Balaban J connectivity index is 1.70. The van der Waals surface area contributed by atoms with Crippen molar-refractivity contribution in [1.82, 2.24) is 0 Å². The predicted octanol–water partition coefficient (Wildman–Crippen LogP) is 4.68. The molecule has 0 atom stereocenters. The van der Waals surface area contributed by atoms with Gasteiger partial charge in [0.15, 0.2) is 0 Å². The molecule has 0 amide bonds. The van der Waals surface area contributed by atoms with Crippen molar-refractivity contribution in [2.24, 2.45) is 0 Å². The molecule has 0 N–H and O–H groups in total. The van der Waals surface area contributed by atoms with Crippen molar-refractivity contribution in [3.63, 3.8) is 0 Å². The Morgan fingerprint density at radius 2 is 0.812 bits per heavy atom. The fourth-order valence-electron chi connectivity index (χ4n) is 4.20. The molecule has 0 aliphatic carbocycles. The minimum atomic E-state index is -0.283. The van der Waals surface area contributed by atoms with Crippen LogP contribution in [0.2, 0.25) is 0 Å². The van der Waals surface area contributed by atoms with Crippen molar-refractivity contribution >= 4 is 5.97 Å². The number of hydrogen-bond donors (Lipinski definition) is 0. The second-order valence-electron chi connectivity index (χ2n) is 10.8. The Morgan fingerprint density at radius 1 is 0.458 bits per heavy atom. The largest absolute Gasteiger partial charge is 0.491 e. The van der Waals surface area contributed by atoms with Gasteiger partial charge in [-0.25, -0.2) is 0 Å². The average molecular weight is 689 g/mol. The van der Waals surface area contributed by atoms with Crippen LogP contribution in [0.1, 0.15) is 57.4 Å². The number of carbonyl (C=O) groups excluding carboxylic acids is 1. The Kier molecular flexibility index (Phi) is 33.5. The lowest BCUT2D eigenvalue weighted by Crippen LogP contribution is -2.15. The van der Waals surface area contributed by atoms with Crippen LogP contribution in [-0.4, -0.2) is 139 Å². The van der Waals surface area contributed by atoms with Crippen molar-refractivity contribution in [1.29, 1.82) is 0 Å². The van der Waals surface area contributed by atoms with E-state index in [-0.39, 0.29) is 12.4 Å². The van der Waals surface area contributed by atoms with Crippen molar-refractivity contribution in [2.75, 3.05) is 133 Å². The van der Waals surface area contributed by atoms with E-state index < -0.39 is 0 Å². The standard InChI is InChI=1S/C36H64O12/c1-3-4-5-6-7-8-9-34-10-12-35(13-11-34)48-33-32-47-31-30-46-29-28-45-27-26-44-25-24-43-23-22-42-21-20-41-19-18-40-17-16-39-15-14-36(37)38-2/h10-13H,3-9,14-33H2,1-2H3. The molecule has 1 rings (SSSR count). The maximum atomic E-state index is 10.9. The topological polar surface area (TPSA) is 119 Å². The van der Waals surface area contributed by atoms with Gasteiger partial charge in [0.25, 0.3) is 0 Å². The highest BCUT2D eigenvalue weighted by Crippen LogP contribution is 2.15. The zero-order valence-electron chi connectivity index (χ0n) is 29.8. The molecule has 1 aromatic rings. The zero-order valence-corrected chi connectivity index (χ0v) is 29.8. The van der Waals surface area contributed by atoms with E-state index in [0.29, 0.717) is 126 Å². The van der Waals surface area contributed by atoms with Gasteiger partial charge in [-0.3, -0.25) is 4.79 Å². The summed E-state index contributed by atoms with van der Waals surface area (Å²) in [4.78, 5) is 10.9. The third-order valence-electron chi connectivity index (χ3n) is 6.89. The molecule has 1 aromatic carbocycles. The van der Waals surface area contributed by atoms with E-state index in [1.807, 2.05) is 12.1 Å². The molecular weight excluding hydrogens is 624 g/mol. The van der Waals surface area contributed by atoms with Gasteiger partial charge >= 0.3 is 5.97 Å². The van der Waals surface area contributed by atoms with Crippen LogP contribution in [0.3, 0.4) is 0 Å². The van der Waals surface area contributed by atoms with Gasteiger partial charge in [0.1, 0.15) is 12.4 Å². The van der Waals surface area contributed by atoms with Gasteiger partial charge in [-0.2, -0.15) is 0 Å². The average Bonchev–Trinajstić information content (AvgIpc) is 3.11. The van der Waals surface area contributed by atoms with Crippen LogP contribution in [-0.2, 0) is 58.6 Å². The Bertz CT molecular complexity index is 796. The monoisotopic (exact) mass is 688 g/mol. The lowest BCUT2D eigenvalue weighted by molar-refractivity contribution is -0.141. The number of unbranched alkanes of at least 4 members (excludes halogenated alkanes) is 5. The molecule has 0 aliphatic rings. The molecule has 12 nitrogen and oxygen atoms in total. The lowest BCUT2D eigenvalue weighted by Gasteiger charge is -2.09. The summed E-state index contributed by atoms with van der Waals surface area (Å²) in [5, 5.41) is 0. The third-order valence-corrected chi connectivity index (χ3v) is 6.89. The van der Waals surface area contributed by atoms with Crippen molar-refractivity contribution in [3.8, 4) is 5.75 Å². The van der Waals surface area contributed by atoms with E-state index >= 15 is 0 Å². The van der Waals surface area contributed by atoms with Gasteiger partial charge in [-0.05, 0) is 30.5 Å². The quantitative estimate of drug-likeness (QED) is 0.0709. The fraction of sp³-hybridized carbons (Fsp3) is 0.806. The summed E-state index contributed by atoms with van der Waals surface area (Å²) in [5.41, 5.74) is 1.38. The minimum Gasteiger partial charge on any atom is -0.491 e. The van der Waals surface area contributed by atoms with Crippen LogP contribution < -0.4 is 4.74 Å². The maximum absolute atomic E-state index is 10.9. The van der Waals surface area contributed by atoms with Crippen LogP contribution in [0.15, 0.2) is 24.3 Å². The highest BCUT2D eigenvalue weighted by atomic mass is 16.6. The summed E-state index contributed by atoms with van der Waals surface area (Å²) < 4.78 is 59.4. The molecule has 0 bridgehead atoms. The molecule has 0 spiro atoms.